The second-order valence-corrected chi connectivity index (χ2v) is 5.73. The van der Waals surface area contributed by atoms with Crippen molar-refractivity contribution in [2.75, 3.05) is 24.6 Å². The van der Waals surface area contributed by atoms with Crippen LogP contribution in [0.3, 0.4) is 0 Å². The van der Waals surface area contributed by atoms with E-state index >= 15 is 0 Å². The first-order valence-electron chi connectivity index (χ1n) is 7.53. The van der Waals surface area contributed by atoms with Crippen LogP contribution >= 0.6 is 11.6 Å². The Balaban J connectivity index is 1.80. The van der Waals surface area contributed by atoms with Crippen LogP contribution in [-0.4, -0.2) is 35.9 Å². The Morgan fingerprint density at radius 3 is 2.64 bits per heavy atom. The molecular weight excluding hydrogens is 302 g/mol. The highest BCUT2D eigenvalue weighted by Crippen LogP contribution is 2.30. The Kier molecular flexibility index (Phi) is 4.43. The lowest BCUT2D eigenvalue weighted by Crippen LogP contribution is -2.37. The topological polar surface area (TPSA) is 55.3 Å². The van der Waals surface area contributed by atoms with Gasteiger partial charge in [-0.25, -0.2) is 0 Å². The van der Waals surface area contributed by atoms with Crippen molar-refractivity contribution in [3.63, 3.8) is 0 Å². The maximum absolute atomic E-state index is 11.8. The molecule has 6 heteroatoms. The SMILES string of the molecule is CCOC(=O)C1CCN(c2nnc(Cl)c3ccccc23)CC1. The molecule has 1 saturated heterocycles. The second-order valence-electron chi connectivity index (χ2n) is 5.37. The summed E-state index contributed by atoms with van der Waals surface area (Å²) in [5.41, 5.74) is 0. The molecule has 0 spiro atoms. The molecule has 0 atom stereocenters. The first-order chi connectivity index (χ1) is 10.7. The fourth-order valence-electron chi connectivity index (χ4n) is 2.88. The number of rotatable bonds is 3. The number of hydrogen-bond donors (Lipinski definition) is 0. The molecule has 2 heterocycles. The summed E-state index contributed by atoms with van der Waals surface area (Å²) in [6, 6.07) is 7.85. The molecule has 0 aliphatic carbocycles. The van der Waals surface area contributed by atoms with Gasteiger partial charge in [-0.2, -0.15) is 0 Å². The number of aromatic nitrogens is 2. The van der Waals surface area contributed by atoms with Gasteiger partial charge in [-0.15, -0.1) is 10.2 Å². The van der Waals surface area contributed by atoms with E-state index in [-0.39, 0.29) is 11.9 Å². The van der Waals surface area contributed by atoms with Crippen molar-refractivity contribution < 1.29 is 9.53 Å². The summed E-state index contributed by atoms with van der Waals surface area (Å²) in [4.78, 5) is 14.0. The maximum Gasteiger partial charge on any atom is 0.309 e. The third-order valence-corrected chi connectivity index (χ3v) is 4.32. The number of carbonyl (C=O) groups is 1. The zero-order valence-electron chi connectivity index (χ0n) is 12.5. The van der Waals surface area contributed by atoms with Crippen LogP contribution in [-0.2, 0) is 9.53 Å². The van der Waals surface area contributed by atoms with E-state index in [2.05, 4.69) is 15.1 Å². The van der Waals surface area contributed by atoms with Crippen LogP contribution in [0, 0.1) is 5.92 Å². The third-order valence-electron chi connectivity index (χ3n) is 4.04. The predicted octanol–water partition coefficient (Wildman–Crippen LogP) is 3.06. The van der Waals surface area contributed by atoms with E-state index in [1.165, 1.54) is 0 Å². The summed E-state index contributed by atoms with van der Waals surface area (Å²) in [7, 11) is 0. The minimum Gasteiger partial charge on any atom is -0.466 e. The van der Waals surface area contributed by atoms with Crippen LogP contribution in [0.25, 0.3) is 10.8 Å². The van der Waals surface area contributed by atoms with E-state index in [0.29, 0.717) is 11.8 Å². The first-order valence-corrected chi connectivity index (χ1v) is 7.91. The smallest absolute Gasteiger partial charge is 0.309 e. The van der Waals surface area contributed by atoms with E-state index in [4.69, 9.17) is 16.3 Å². The van der Waals surface area contributed by atoms with Gasteiger partial charge in [-0.05, 0) is 19.8 Å². The highest BCUT2D eigenvalue weighted by atomic mass is 35.5. The predicted molar refractivity (Wildman–Crippen MR) is 86.1 cm³/mol. The molecule has 0 bridgehead atoms. The van der Waals surface area contributed by atoms with Gasteiger partial charge in [0.2, 0.25) is 0 Å². The lowest BCUT2D eigenvalue weighted by molar-refractivity contribution is -0.148. The Morgan fingerprint density at radius 1 is 1.27 bits per heavy atom. The molecule has 1 aliphatic rings. The van der Waals surface area contributed by atoms with Gasteiger partial charge in [-0.3, -0.25) is 4.79 Å². The highest BCUT2D eigenvalue weighted by Gasteiger charge is 2.27. The van der Waals surface area contributed by atoms with Crippen molar-refractivity contribution in [1.29, 1.82) is 0 Å². The van der Waals surface area contributed by atoms with Gasteiger partial charge in [-0.1, -0.05) is 35.9 Å². The molecular formula is C16H18ClN3O2. The number of piperidine rings is 1. The number of ether oxygens (including phenoxy) is 1. The van der Waals surface area contributed by atoms with Gasteiger partial charge in [0.05, 0.1) is 12.5 Å². The van der Waals surface area contributed by atoms with Crippen LogP contribution in [0.4, 0.5) is 5.82 Å². The molecule has 0 saturated carbocycles. The number of benzene rings is 1. The highest BCUT2D eigenvalue weighted by molar-refractivity contribution is 6.34. The normalized spacial score (nSPS) is 16.0. The summed E-state index contributed by atoms with van der Waals surface area (Å²) in [6.45, 7) is 3.81. The number of nitrogens with zero attached hydrogens (tertiary/aromatic N) is 3. The summed E-state index contributed by atoms with van der Waals surface area (Å²) >= 11 is 6.11. The van der Waals surface area contributed by atoms with E-state index in [0.717, 1.165) is 42.5 Å². The number of anilines is 1. The molecule has 116 valence electrons. The summed E-state index contributed by atoms with van der Waals surface area (Å²) in [5.74, 6) is 0.735. The van der Waals surface area contributed by atoms with Crippen molar-refractivity contribution in [3.8, 4) is 0 Å². The molecule has 0 radical (unpaired) electrons. The molecule has 1 aromatic heterocycles. The molecule has 22 heavy (non-hydrogen) atoms. The lowest BCUT2D eigenvalue weighted by atomic mass is 9.97. The molecule has 2 aromatic rings. The number of esters is 1. The Bertz CT molecular complexity index is 684. The first kappa shape index (κ1) is 15.0. The summed E-state index contributed by atoms with van der Waals surface area (Å²) in [5, 5.41) is 10.6. The minimum atomic E-state index is -0.0887. The number of fused-ring (bicyclic) bond motifs is 1. The largest absolute Gasteiger partial charge is 0.466 e. The Morgan fingerprint density at radius 2 is 1.95 bits per heavy atom. The molecule has 5 nitrogen and oxygen atoms in total. The van der Waals surface area contributed by atoms with E-state index < -0.39 is 0 Å². The van der Waals surface area contributed by atoms with Crippen molar-refractivity contribution in [2.45, 2.75) is 19.8 Å². The van der Waals surface area contributed by atoms with Crippen LogP contribution in [0.1, 0.15) is 19.8 Å². The van der Waals surface area contributed by atoms with Crippen molar-refractivity contribution in [2.24, 2.45) is 5.92 Å². The zero-order valence-corrected chi connectivity index (χ0v) is 13.2. The van der Waals surface area contributed by atoms with Crippen LogP contribution in [0.15, 0.2) is 24.3 Å². The molecule has 1 aromatic carbocycles. The van der Waals surface area contributed by atoms with Crippen LogP contribution in [0.5, 0.6) is 0 Å². The van der Waals surface area contributed by atoms with Gasteiger partial charge in [0.25, 0.3) is 0 Å². The molecule has 0 N–H and O–H groups in total. The van der Waals surface area contributed by atoms with Crippen molar-refractivity contribution in [1.82, 2.24) is 10.2 Å². The van der Waals surface area contributed by atoms with E-state index in [1.807, 2.05) is 31.2 Å². The van der Waals surface area contributed by atoms with Crippen LogP contribution < -0.4 is 4.90 Å². The summed E-state index contributed by atoms with van der Waals surface area (Å²) in [6.07, 6.45) is 1.55. The molecule has 0 unspecified atom stereocenters. The molecule has 1 aliphatic heterocycles. The van der Waals surface area contributed by atoms with E-state index in [1.54, 1.807) is 0 Å². The average Bonchev–Trinajstić information content (AvgIpc) is 2.56. The van der Waals surface area contributed by atoms with Crippen LogP contribution in [0.2, 0.25) is 5.15 Å². The molecule has 1 fully saturated rings. The Hall–Kier alpha value is -1.88. The maximum atomic E-state index is 11.8. The molecule has 3 rings (SSSR count). The number of hydrogen-bond acceptors (Lipinski definition) is 5. The average molecular weight is 320 g/mol. The number of carbonyl (C=O) groups excluding carboxylic acids is 1. The van der Waals surface area contributed by atoms with Gasteiger partial charge in [0, 0.05) is 23.9 Å². The fourth-order valence-corrected chi connectivity index (χ4v) is 3.08. The summed E-state index contributed by atoms with van der Waals surface area (Å²) < 4.78 is 5.11. The second kappa shape index (κ2) is 6.48. The monoisotopic (exact) mass is 319 g/mol. The number of halogens is 1. The zero-order chi connectivity index (χ0) is 15.5. The molecule has 0 amide bonds. The van der Waals surface area contributed by atoms with Gasteiger partial charge >= 0.3 is 5.97 Å². The van der Waals surface area contributed by atoms with Gasteiger partial charge in [0.1, 0.15) is 0 Å². The fraction of sp³-hybridized carbons (Fsp3) is 0.438. The Labute approximate surface area is 134 Å². The van der Waals surface area contributed by atoms with Crippen molar-refractivity contribution in [3.05, 3.63) is 29.4 Å². The van der Waals surface area contributed by atoms with Gasteiger partial charge < -0.3 is 9.64 Å². The third kappa shape index (κ3) is 2.86. The van der Waals surface area contributed by atoms with Gasteiger partial charge in [0.15, 0.2) is 11.0 Å². The quantitative estimate of drug-likeness (QED) is 0.814. The standard InChI is InChI=1S/C16H18ClN3O2/c1-2-22-16(21)11-7-9-20(10-8-11)15-13-6-4-3-5-12(13)14(17)18-19-15/h3-6,11H,2,7-10H2,1H3. The lowest BCUT2D eigenvalue weighted by Gasteiger charge is -2.32. The van der Waals surface area contributed by atoms with E-state index in [9.17, 15) is 4.79 Å². The van der Waals surface area contributed by atoms with Crippen molar-refractivity contribution >= 4 is 34.2 Å². The minimum absolute atomic E-state index is 0.0114.